The minimum atomic E-state index is 0.0261. The van der Waals surface area contributed by atoms with Gasteiger partial charge in [0.25, 0.3) is 0 Å². The van der Waals surface area contributed by atoms with Gasteiger partial charge in [-0.15, -0.1) is 0 Å². The van der Waals surface area contributed by atoms with Crippen LogP contribution in [0.3, 0.4) is 0 Å². The Hall–Kier alpha value is -2.09. The predicted molar refractivity (Wildman–Crippen MR) is 92.1 cm³/mol. The summed E-state index contributed by atoms with van der Waals surface area (Å²) in [5.41, 5.74) is 7.12. The van der Waals surface area contributed by atoms with Gasteiger partial charge in [-0.25, -0.2) is 0 Å². The smallest absolute Gasteiger partial charge is 0.224 e. The molecule has 0 aromatic heterocycles. The van der Waals surface area contributed by atoms with Crippen molar-refractivity contribution in [2.24, 2.45) is 0 Å². The SMILES string of the molecule is Cc1ccc(CC(=O)N[C@@H](C)c2cc(C)ccc2C)c(C)c1. The molecule has 0 aliphatic heterocycles. The van der Waals surface area contributed by atoms with E-state index in [1.165, 1.54) is 27.8 Å². The number of nitrogens with one attached hydrogen (secondary N) is 1. The maximum absolute atomic E-state index is 12.3. The van der Waals surface area contributed by atoms with E-state index in [1.54, 1.807) is 0 Å². The van der Waals surface area contributed by atoms with Crippen molar-refractivity contribution < 1.29 is 4.79 Å². The average Bonchev–Trinajstić information content (AvgIpc) is 2.44. The molecule has 2 nitrogen and oxygen atoms in total. The summed E-state index contributed by atoms with van der Waals surface area (Å²) in [6.45, 7) is 10.3. The van der Waals surface area contributed by atoms with E-state index in [2.05, 4.69) is 63.3 Å². The molecule has 0 saturated carbocycles. The Labute approximate surface area is 133 Å². The van der Waals surface area contributed by atoms with Crippen molar-refractivity contribution in [2.75, 3.05) is 0 Å². The molecule has 0 heterocycles. The zero-order chi connectivity index (χ0) is 16.3. The first-order chi connectivity index (χ1) is 10.4. The molecule has 0 saturated heterocycles. The number of rotatable bonds is 4. The van der Waals surface area contributed by atoms with E-state index in [0.717, 1.165) is 5.56 Å². The highest BCUT2D eigenvalue weighted by molar-refractivity contribution is 5.79. The fourth-order valence-corrected chi connectivity index (χ4v) is 2.81. The molecule has 0 fully saturated rings. The van der Waals surface area contributed by atoms with Crippen LogP contribution in [0.15, 0.2) is 36.4 Å². The van der Waals surface area contributed by atoms with Crippen LogP contribution in [-0.4, -0.2) is 5.91 Å². The molecular weight excluding hydrogens is 270 g/mol. The van der Waals surface area contributed by atoms with E-state index in [-0.39, 0.29) is 11.9 Å². The van der Waals surface area contributed by atoms with Gasteiger partial charge in [-0.1, -0.05) is 47.5 Å². The lowest BCUT2D eigenvalue weighted by Gasteiger charge is -2.18. The first-order valence-electron chi connectivity index (χ1n) is 7.79. The molecule has 1 N–H and O–H groups in total. The summed E-state index contributed by atoms with van der Waals surface area (Å²) in [6, 6.07) is 12.6. The number of amides is 1. The first kappa shape index (κ1) is 16.3. The maximum Gasteiger partial charge on any atom is 0.224 e. The highest BCUT2D eigenvalue weighted by Gasteiger charge is 2.13. The third kappa shape index (κ3) is 3.97. The van der Waals surface area contributed by atoms with Gasteiger partial charge >= 0.3 is 0 Å². The third-order valence-corrected chi connectivity index (χ3v) is 4.13. The summed E-state index contributed by atoms with van der Waals surface area (Å²) in [4.78, 5) is 12.3. The number of carbonyl (C=O) groups is 1. The maximum atomic E-state index is 12.3. The van der Waals surface area contributed by atoms with Gasteiger partial charge in [-0.2, -0.15) is 0 Å². The second-order valence-electron chi connectivity index (χ2n) is 6.26. The van der Waals surface area contributed by atoms with Crippen molar-refractivity contribution in [2.45, 2.75) is 47.1 Å². The molecule has 116 valence electrons. The lowest BCUT2D eigenvalue weighted by atomic mass is 9.99. The molecule has 22 heavy (non-hydrogen) atoms. The number of benzene rings is 2. The van der Waals surface area contributed by atoms with Gasteiger partial charge in [-0.05, 0) is 56.9 Å². The lowest BCUT2D eigenvalue weighted by molar-refractivity contribution is -0.121. The highest BCUT2D eigenvalue weighted by Crippen LogP contribution is 2.19. The second-order valence-corrected chi connectivity index (χ2v) is 6.26. The molecule has 2 heteroatoms. The standard InChI is InChI=1S/C20H25NO/c1-13-7-9-18(16(4)10-13)12-20(22)21-17(5)19-11-14(2)6-8-15(19)3/h6-11,17H,12H2,1-5H3,(H,21,22)/t17-/m0/s1. The van der Waals surface area contributed by atoms with E-state index < -0.39 is 0 Å². The number of hydrogen-bond acceptors (Lipinski definition) is 1. The lowest BCUT2D eigenvalue weighted by Crippen LogP contribution is -2.28. The molecular formula is C20H25NO. The Morgan fingerprint density at radius 2 is 1.59 bits per heavy atom. The normalized spacial score (nSPS) is 12.0. The van der Waals surface area contributed by atoms with Gasteiger partial charge in [0.15, 0.2) is 0 Å². The molecule has 0 bridgehead atoms. The van der Waals surface area contributed by atoms with Gasteiger partial charge in [0.05, 0.1) is 12.5 Å². The van der Waals surface area contributed by atoms with Crippen molar-refractivity contribution in [1.29, 1.82) is 0 Å². The van der Waals surface area contributed by atoms with Gasteiger partial charge in [0, 0.05) is 0 Å². The van der Waals surface area contributed by atoms with Gasteiger partial charge in [-0.3, -0.25) is 4.79 Å². The van der Waals surface area contributed by atoms with Crippen molar-refractivity contribution in [3.8, 4) is 0 Å². The zero-order valence-corrected chi connectivity index (χ0v) is 14.2. The Balaban J connectivity index is 2.06. The average molecular weight is 295 g/mol. The molecule has 1 atom stereocenters. The zero-order valence-electron chi connectivity index (χ0n) is 14.2. The summed E-state index contributed by atoms with van der Waals surface area (Å²) in [6.07, 6.45) is 0.432. The van der Waals surface area contributed by atoms with Crippen LogP contribution in [0.5, 0.6) is 0 Å². The molecule has 1 amide bonds. The van der Waals surface area contributed by atoms with Crippen LogP contribution in [0.1, 0.15) is 46.3 Å². The first-order valence-corrected chi connectivity index (χ1v) is 7.79. The quantitative estimate of drug-likeness (QED) is 0.893. The van der Waals surface area contributed by atoms with E-state index >= 15 is 0 Å². The monoisotopic (exact) mass is 295 g/mol. The van der Waals surface area contributed by atoms with Crippen molar-refractivity contribution in [3.05, 3.63) is 69.8 Å². The highest BCUT2D eigenvalue weighted by atomic mass is 16.1. The van der Waals surface area contributed by atoms with Crippen LogP contribution < -0.4 is 5.32 Å². The molecule has 0 radical (unpaired) electrons. The van der Waals surface area contributed by atoms with Crippen LogP contribution in [0, 0.1) is 27.7 Å². The van der Waals surface area contributed by atoms with Crippen molar-refractivity contribution in [1.82, 2.24) is 5.32 Å². The Bertz CT molecular complexity index is 688. The van der Waals surface area contributed by atoms with E-state index in [0.29, 0.717) is 6.42 Å². The van der Waals surface area contributed by atoms with Crippen LogP contribution in [0.25, 0.3) is 0 Å². The van der Waals surface area contributed by atoms with E-state index in [9.17, 15) is 4.79 Å². The van der Waals surface area contributed by atoms with E-state index in [1.807, 2.05) is 13.0 Å². The molecule has 2 aromatic carbocycles. The molecule has 0 aliphatic rings. The summed E-state index contributed by atoms with van der Waals surface area (Å²) in [5, 5.41) is 3.12. The summed E-state index contributed by atoms with van der Waals surface area (Å²) in [7, 11) is 0. The molecule has 0 aliphatic carbocycles. The third-order valence-electron chi connectivity index (χ3n) is 4.13. The minimum absolute atomic E-state index is 0.0261. The summed E-state index contributed by atoms with van der Waals surface area (Å²) in [5.74, 6) is 0.0698. The van der Waals surface area contributed by atoms with Crippen molar-refractivity contribution in [3.63, 3.8) is 0 Å². The number of hydrogen-bond donors (Lipinski definition) is 1. The fourth-order valence-electron chi connectivity index (χ4n) is 2.81. The molecule has 0 unspecified atom stereocenters. The predicted octanol–water partition coefficient (Wildman–Crippen LogP) is 4.34. The Kier molecular flexibility index (Phi) is 5.02. The van der Waals surface area contributed by atoms with Gasteiger partial charge in [0.2, 0.25) is 5.91 Å². The number of carbonyl (C=O) groups excluding carboxylic acids is 1. The van der Waals surface area contributed by atoms with Crippen LogP contribution in [0.2, 0.25) is 0 Å². The van der Waals surface area contributed by atoms with Crippen molar-refractivity contribution >= 4 is 5.91 Å². The van der Waals surface area contributed by atoms with Crippen LogP contribution in [0.4, 0.5) is 0 Å². The minimum Gasteiger partial charge on any atom is -0.349 e. The van der Waals surface area contributed by atoms with Gasteiger partial charge in [0.1, 0.15) is 0 Å². The largest absolute Gasteiger partial charge is 0.349 e. The van der Waals surface area contributed by atoms with E-state index in [4.69, 9.17) is 0 Å². The molecule has 2 rings (SSSR count). The summed E-state index contributed by atoms with van der Waals surface area (Å²) >= 11 is 0. The topological polar surface area (TPSA) is 29.1 Å². The molecule has 2 aromatic rings. The van der Waals surface area contributed by atoms with Crippen LogP contribution in [-0.2, 0) is 11.2 Å². The Morgan fingerprint density at radius 3 is 2.27 bits per heavy atom. The van der Waals surface area contributed by atoms with Crippen LogP contribution >= 0.6 is 0 Å². The Morgan fingerprint density at radius 1 is 0.955 bits per heavy atom. The number of aryl methyl sites for hydroxylation is 4. The fraction of sp³-hybridized carbons (Fsp3) is 0.350. The van der Waals surface area contributed by atoms with Gasteiger partial charge < -0.3 is 5.32 Å². The molecule has 0 spiro atoms. The second kappa shape index (κ2) is 6.78. The summed E-state index contributed by atoms with van der Waals surface area (Å²) < 4.78 is 0.